The normalized spacial score (nSPS) is 12.8. The maximum absolute atomic E-state index is 9.40. The fraction of sp³-hybridized carbons (Fsp3) is 0.571. The van der Waals surface area contributed by atoms with Crippen LogP contribution < -0.4 is 5.32 Å². The molecule has 0 saturated heterocycles. The van der Waals surface area contributed by atoms with Crippen molar-refractivity contribution >= 4 is 0 Å². The van der Waals surface area contributed by atoms with Gasteiger partial charge in [-0.1, -0.05) is 36.2 Å². The molecular formula is C14H23NO. The Bertz CT molecular complexity index is 302. The number of hydrogen-bond acceptors (Lipinski definition) is 2. The molecule has 1 atom stereocenters. The van der Waals surface area contributed by atoms with Gasteiger partial charge in [0.1, 0.15) is 0 Å². The molecule has 2 nitrogen and oxygen atoms in total. The van der Waals surface area contributed by atoms with Gasteiger partial charge in [0, 0.05) is 6.54 Å². The average Bonchev–Trinajstić information content (AvgIpc) is 2.22. The Morgan fingerprint density at radius 1 is 1.19 bits per heavy atom. The molecule has 2 N–H and O–H groups in total. The van der Waals surface area contributed by atoms with Crippen LogP contribution in [0.2, 0.25) is 0 Å². The Kier molecular flexibility index (Phi) is 5.50. The lowest BCUT2D eigenvalue weighted by Gasteiger charge is -2.09. The lowest BCUT2D eigenvalue weighted by molar-refractivity contribution is 0.159. The van der Waals surface area contributed by atoms with E-state index >= 15 is 0 Å². The summed E-state index contributed by atoms with van der Waals surface area (Å²) in [5.74, 6) is 0. The highest BCUT2D eigenvalue weighted by atomic mass is 16.3. The second-order valence-corrected chi connectivity index (χ2v) is 4.52. The summed E-state index contributed by atoms with van der Waals surface area (Å²) in [6.07, 6.45) is 1.51. The van der Waals surface area contributed by atoms with Crippen LogP contribution in [0.5, 0.6) is 0 Å². The highest BCUT2D eigenvalue weighted by molar-refractivity contribution is 5.28. The van der Waals surface area contributed by atoms with Crippen LogP contribution in [0.15, 0.2) is 18.2 Å². The predicted molar refractivity (Wildman–Crippen MR) is 68.5 cm³/mol. The van der Waals surface area contributed by atoms with Crippen molar-refractivity contribution in [1.29, 1.82) is 0 Å². The highest BCUT2D eigenvalue weighted by Crippen LogP contribution is 2.08. The van der Waals surface area contributed by atoms with Crippen molar-refractivity contribution in [2.45, 2.75) is 46.3 Å². The molecule has 0 spiro atoms. The molecule has 0 fully saturated rings. The molecule has 0 heterocycles. The summed E-state index contributed by atoms with van der Waals surface area (Å²) in [5, 5.41) is 12.8. The van der Waals surface area contributed by atoms with Gasteiger partial charge in [-0.05, 0) is 38.8 Å². The Morgan fingerprint density at radius 2 is 1.81 bits per heavy atom. The van der Waals surface area contributed by atoms with Crippen LogP contribution in [0.4, 0.5) is 0 Å². The minimum absolute atomic E-state index is 0.160. The van der Waals surface area contributed by atoms with E-state index in [4.69, 9.17) is 0 Å². The van der Waals surface area contributed by atoms with Crippen molar-refractivity contribution in [3.8, 4) is 0 Å². The van der Waals surface area contributed by atoms with Gasteiger partial charge in [0.15, 0.2) is 0 Å². The topological polar surface area (TPSA) is 32.3 Å². The van der Waals surface area contributed by atoms with Gasteiger partial charge in [-0.15, -0.1) is 0 Å². The van der Waals surface area contributed by atoms with Gasteiger partial charge in [0.05, 0.1) is 6.10 Å². The molecule has 0 amide bonds. The first-order valence-corrected chi connectivity index (χ1v) is 6.07. The van der Waals surface area contributed by atoms with E-state index in [1.165, 1.54) is 16.7 Å². The summed E-state index contributed by atoms with van der Waals surface area (Å²) in [4.78, 5) is 0. The van der Waals surface area contributed by atoms with Gasteiger partial charge in [0.2, 0.25) is 0 Å². The van der Waals surface area contributed by atoms with Gasteiger partial charge in [-0.2, -0.15) is 0 Å². The number of rotatable bonds is 6. The highest BCUT2D eigenvalue weighted by Gasteiger charge is 2.00. The molecule has 16 heavy (non-hydrogen) atoms. The molecule has 0 bridgehead atoms. The minimum Gasteiger partial charge on any atom is -0.393 e. The second-order valence-electron chi connectivity index (χ2n) is 4.52. The van der Waals surface area contributed by atoms with Gasteiger partial charge in [0.25, 0.3) is 0 Å². The van der Waals surface area contributed by atoms with E-state index in [9.17, 15) is 5.11 Å². The second kappa shape index (κ2) is 6.66. The van der Waals surface area contributed by atoms with Crippen molar-refractivity contribution in [2.24, 2.45) is 0 Å². The molecule has 1 rings (SSSR count). The summed E-state index contributed by atoms with van der Waals surface area (Å²) >= 11 is 0. The van der Waals surface area contributed by atoms with Gasteiger partial charge in [-0.3, -0.25) is 0 Å². The molecule has 0 aliphatic carbocycles. The third kappa shape index (κ3) is 4.77. The first kappa shape index (κ1) is 13.2. The van der Waals surface area contributed by atoms with Gasteiger partial charge in [-0.25, -0.2) is 0 Å². The minimum atomic E-state index is -0.160. The first-order chi connectivity index (χ1) is 7.61. The average molecular weight is 221 g/mol. The summed E-state index contributed by atoms with van der Waals surface area (Å²) in [5.41, 5.74) is 3.94. The lowest BCUT2D eigenvalue weighted by Crippen LogP contribution is -2.19. The number of hydrogen-bond donors (Lipinski definition) is 2. The largest absolute Gasteiger partial charge is 0.393 e. The summed E-state index contributed by atoms with van der Waals surface area (Å²) in [6, 6.07) is 6.59. The number of nitrogens with one attached hydrogen (secondary N) is 1. The molecule has 90 valence electrons. The first-order valence-electron chi connectivity index (χ1n) is 6.07. The van der Waals surface area contributed by atoms with E-state index in [1.807, 2.05) is 6.92 Å². The van der Waals surface area contributed by atoms with Crippen molar-refractivity contribution in [3.05, 3.63) is 34.9 Å². The van der Waals surface area contributed by atoms with Crippen molar-refractivity contribution in [3.63, 3.8) is 0 Å². The molecule has 0 radical (unpaired) electrons. The van der Waals surface area contributed by atoms with Crippen LogP contribution >= 0.6 is 0 Å². The SMILES string of the molecule is CCC(O)CCNCc1cc(C)cc(C)c1. The van der Waals surface area contributed by atoms with Crippen LogP contribution in [-0.4, -0.2) is 17.8 Å². The van der Waals surface area contributed by atoms with E-state index in [0.717, 1.165) is 25.9 Å². The molecule has 2 heteroatoms. The fourth-order valence-electron chi connectivity index (χ4n) is 1.88. The van der Waals surface area contributed by atoms with E-state index in [-0.39, 0.29) is 6.10 Å². The van der Waals surface area contributed by atoms with Crippen LogP contribution in [-0.2, 0) is 6.54 Å². The third-order valence-corrected chi connectivity index (χ3v) is 2.74. The molecule has 0 saturated carbocycles. The number of aliphatic hydroxyl groups excluding tert-OH is 1. The van der Waals surface area contributed by atoms with Gasteiger partial charge >= 0.3 is 0 Å². The monoisotopic (exact) mass is 221 g/mol. The zero-order valence-electron chi connectivity index (χ0n) is 10.6. The van der Waals surface area contributed by atoms with Crippen molar-refractivity contribution in [2.75, 3.05) is 6.54 Å². The summed E-state index contributed by atoms with van der Waals surface area (Å²) < 4.78 is 0. The zero-order chi connectivity index (χ0) is 12.0. The lowest BCUT2D eigenvalue weighted by atomic mass is 10.1. The standard InChI is InChI=1S/C14H23NO/c1-4-14(16)5-6-15-10-13-8-11(2)7-12(3)9-13/h7-9,14-16H,4-6,10H2,1-3H3. The van der Waals surface area contributed by atoms with E-state index in [2.05, 4.69) is 37.4 Å². The number of aryl methyl sites for hydroxylation is 2. The molecule has 0 aliphatic rings. The zero-order valence-corrected chi connectivity index (χ0v) is 10.6. The van der Waals surface area contributed by atoms with Crippen LogP contribution in [0.1, 0.15) is 36.5 Å². The van der Waals surface area contributed by atoms with Gasteiger partial charge < -0.3 is 10.4 Å². The predicted octanol–water partition coefficient (Wildman–Crippen LogP) is 2.55. The Balaban J connectivity index is 2.32. The smallest absolute Gasteiger partial charge is 0.0549 e. The molecule has 1 unspecified atom stereocenters. The fourth-order valence-corrected chi connectivity index (χ4v) is 1.88. The molecule has 1 aromatic carbocycles. The molecular weight excluding hydrogens is 198 g/mol. The van der Waals surface area contributed by atoms with Crippen LogP contribution in [0, 0.1) is 13.8 Å². The Labute approximate surface area is 98.7 Å². The molecule has 1 aromatic rings. The summed E-state index contributed by atoms with van der Waals surface area (Å²) in [7, 11) is 0. The Morgan fingerprint density at radius 3 is 2.38 bits per heavy atom. The van der Waals surface area contributed by atoms with Crippen molar-refractivity contribution in [1.82, 2.24) is 5.32 Å². The summed E-state index contributed by atoms with van der Waals surface area (Å²) in [6.45, 7) is 8.02. The van der Waals surface area contributed by atoms with E-state index in [0.29, 0.717) is 0 Å². The number of aliphatic hydroxyl groups is 1. The Hall–Kier alpha value is -0.860. The maximum Gasteiger partial charge on any atom is 0.0549 e. The third-order valence-electron chi connectivity index (χ3n) is 2.74. The molecule has 0 aliphatic heterocycles. The quantitative estimate of drug-likeness (QED) is 0.724. The van der Waals surface area contributed by atoms with E-state index in [1.54, 1.807) is 0 Å². The van der Waals surface area contributed by atoms with Crippen LogP contribution in [0.25, 0.3) is 0 Å². The maximum atomic E-state index is 9.40. The van der Waals surface area contributed by atoms with Crippen molar-refractivity contribution < 1.29 is 5.11 Å². The number of benzene rings is 1. The van der Waals surface area contributed by atoms with Crippen LogP contribution in [0.3, 0.4) is 0 Å². The molecule has 0 aromatic heterocycles. The van der Waals surface area contributed by atoms with E-state index < -0.39 is 0 Å².